The van der Waals surface area contributed by atoms with Gasteiger partial charge in [-0.3, -0.25) is 0 Å². The number of benzene rings is 1. The van der Waals surface area contributed by atoms with Gasteiger partial charge in [0, 0.05) is 30.9 Å². The summed E-state index contributed by atoms with van der Waals surface area (Å²) in [4.78, 5) is 2.44. The molecule has 1 fully saturated rings. The summed E-state index contributed by atoms with van der Waals surface area (Å²) >= 11 is 0. The third-order valence-electron chi connectivity index (χ3n) is 3.80. The van der Waals surface area contributed by atoms with Gasteiger partial charge in [-0.1, -0.05) is 25.1 Å². The first-order chi connectivity index (χ1) is 8.83. The maximum Gasteiger partial charge on any atom is 0.0584 e. The Morgan fingerprint density at radius 3 is 2.50 bits per heavy atom. The first kappa shape index (κ1) is 13.4. The molecule has 1 saturated heterocycles. The number of rotatable bonds is 5. The van der Waals surface area contributed by atoms with E-state index in [2.05, 4.69) is 47.5 Å². The lowest BCUT2D eigenvalue weighted by molar-refractivity contribution is 0.220. The van der Waals surface area contributed by atoms with Crippen LogP contribution in [-0.4, -0.2) is 36.9 Å². The van der Waals surface area contributed by atoms with E-state index in [4.69, 9.17) is 0 Å². The van der Waals surface area contributed by atoms with Gasteiger partial charge in [0.1, 0.15) is 0 Å². The van der Waals surface area contributed by atoms with Crippen LogP contribution >= 0.6 is 0 Å². The molecular formula is C15H24N2O. The van der Waals surface area contributed by atoms with Crippen LogP contribution in [0.15, 0.2) is 30.3 Å². The van der Waals surface area contributed by atoms with E-state index in [-0.39, 0.29) is 12.6 Å². The highest BCUT2D eigenvalue weighted by Gasteiger charge is 2.20. The van der Waals surface area contributed by atoms with Crippen LogP contribution in [0.25, 0.3) is 0 Å². The van der Waals surface area contributed by atoms with E-state index in [0.717, 1.165) is 32.4 Å². The summed E-state index contributed by atoms with van der Waals surface area (Å²) in [7, 11) is 0. The number of nitrogens with one attached hydrogen (secondary N) is 1. The fourth-order valence-corrected chi connectivity index (χ4v) is 2.58. The lowest BCUT2D eigenvalue weighted by Crippen LogP contribution is -2.47. The number of aliphatic hydroxyl groups excluding tert-OH is 1. The molecule has 1 heterocycles. The van der Waals surface area contributed by atoms with Crippen LogP contribution in [-0.2, 0) is 0 Å². The Hall–Kier alpha value is -1.06. The largest absolute Gasteiger partial charge is 0.395 e. The van der Waals surface area contributed by atoms with Gasteiger partial charge in [0.05, 0.1) is 6.61 Å². The van der Waals surface area contributed by atoms with E-state index in [1.54, 1.807) is 0 Å². The molecule has 1 unspecified atom stereocenters. The van der Waals surface area contributed by atoms with Gasteiger partial charge in [0.25, 0.3) is 0 Å². The zero-order chi connectivity index (χ0) is 12.8. The summed E-state index contributed by atoms with van der Waals surface area (Å²) in [6.07, 6.45) is 3.31. The first-order valence-electron chi connectivity index (χ1n) is 7.00. The molecule has 0 bridgehead atoms. The number of anilines is 1. The normalized spacial score (nSPS) is 18.9. The highest BCUT2D eigenvalue weighted by atomic mass is 16.3. The van der Waals surface area contributed by atoms with E-state index in [1.807, 2.05) is 0 Å². The Labute approximate surface area is 110 Å². The summed E-state index contributed by atoms with van der Waals surface area (Å²) in [6.45, 7) is 4.56. The number of hydrogen-bond acceptors (Lipinski definition) is 3. The molecule has 1 aromatic rings. The summed E-state index contributed by atoms with van der Waals surface area (Å²) in [5.74, 6) is 0. The summed E-state index contributed by atoms with van der Waals surface area (Å²) in [5.41, 5.74) is 1.32. The molecule has 100 valence electrons. The van der Waals surface area contributed by atoms with E-state index < -0.39 is 0 Å². The van der Waals surface area contributed by atoms with Crippen LogP contribution < -0.4 is 10.2 Å². The lowest BCUT2D eigenvalue weighted by Gasteiger charge is -2.35. The molecule has 1 aliphatic rings. The highest BCUT2D eigenvalue weighted by molar-refractivity contribution is 5.46. The van der Waals surface area contributed by atoms with Gasteiger partial charge < -0.3 is 15.3 Å². The second kappa shape index (κ2) is 6.76. The minimum absolute atomic E-state index is 0.245. The van der Waals surface area contributed by atoms with Gasteiger partial charge in [0.15, 0.2) is 0 Å². The highest BCUT2D eigenvalue weighted by Crippen LogP contribution is 2.19. The quantitative estimate of drug-likeness (QED) is 0.837. The van der Waals surface area contributed by atoms with Crippen molar-refractivity contribution in [1.82, 2.24) is 5.32 Å². The minimum Gasteiger partial charge on any atom is -0.395 e. The van der Waals surface area contributed by atoms with Crippen molar-refractivity contribution in [3.8, 4) is 0 Å². The van der Waals surface area contributed by atoms with E-state index in [1.165, 1.54) is 5.69 Å². The molecule has 0 spiro atoms. The second-order valence-corrected chi connectivity index (χ2v) is 5.05. The Bertz CT molecular complexity index is 330. The smallest absolute Gasteiger partial charge is 0.0584 e. The number of nitrogens with zero attached hydrogens (tertiary/aromatic N) is 1. The van der Waals surface area contributed by atoms with Crippen molar-refractivity contribution >= 4 is 5.69 Å². The molecule has 0 radical (unpaired) electrons. The van der Waals surface area contributed by atoms with Gasteiger partial charge in [-0.05, 0) is 31.4 Å². The van der Waals surface area contributed by atoms with Gasteiger partial charge in [-0.2, -0.15) is 0 Å². The van der Waals surface area contributed by atoms with Gasteiger partial charge >= 0.3 is 0 Å². The molecule has 2 rings (SSSR count). The molecule has 1 atom stereocenters. The predicted molar refractivity (Wildman–Crippen MR) is 76.0 cm³/mol. The summed E-state index contributed by atoms with van der Waals surface area (Å²) in [6, 6.07) is 11.4. The molecule has 18 heavy (non-hydrogen) atoms. The van der Waals surface area contributed by atoms with Gasteiger partial charge in [0.2, 0.25) is 0 Å². The van der Waals surface area contributed by atoms with Crippen LogP contribution in [0.2, 0.25) is 0 Å². The van der Waals surface area contributed by atoms with Crippen molar-refractivity contribution in [2.45, 2.75) is 38.3 Å². The van der Waals surface area contributed by atoms with Crippen molar-refractivity contribution in [2.24, 2.45) is 0 Å². The Morgan fingerprint density at radius 2 is 1.94 bits per heavy atom. The molecule has 2 N–H and O–H groups in total. The average Bonchev–Trinajstić information content (AvgIpc) is 2.46. The first-order valence-corrected chi connectivity index (χ1v) is 7.00. The van der Waals surface area contributed by atoms with Gasteiger partial charge in [-0.15, -0.1) is 0 Å². The van der Waals surface area contributed by atoms with Crippen molar-refractivity contribution < 1.29 is 5.11 Å². The average molecular weight is 248 g/mol. The Kier molecular flexibility index (Phi) is 5.02. The molecule has 0 saturated carbocycles. The van der Waals surface area contributed by atoms with Crippen molar-refractivity contribution in [3.05, 3.63) is 30.3 Å². The van der Waals surface area contributed by atoms with Crippen molar-refractivity contribution in [2.75, 3.05) is 24.6 Å². The third kappa shape index (κ3) is 3.47. The zero-order valence-corrected chi connectivity index (χ0v) is 11.2. The lowest BCUT2D eigenvalue weighted by atomic mass is 10.0. The molecule has 3 heteroatoms. The molecule has 0 amide bonds. The number of aliphatic hydroxyl groups is 1. The predicted octanol–water partition coefficient (Wildman–Crippen LogP) is 2.02. The zero-order valence-electron chi connectivity index (χ0n) is 11.2. The Morgan fingerprint density at radius 1 is 1.28 bits per heavy atom. The van der Waals surface area contributed by atoms with Crippen molar-refractivity contribution in [3.63, 3.8) is 0 Å². The van der Waals surface area contributed by atoms with E-state index >= 15 is 0 Å². The number of piperidine rings is 1. The number of hydrogen-bond donors (Lipinski definition) is 2. The summed E-state index contributed by atoms with van der Waals surface area (Å²) in [5, 5.41) is 12.8. The van der Waals surface area contributed by atoms with Crippen LogP contribution in [0.5, 0.6) is 0 Å². The maximum atomic E-state index is 9.21. The monoisotopic (exact) mass is 248 g/mol. The minimum atomic E-state index is 0.245. The maximum absolute atomic E-state index is 9.21. The van der Waals surface area contributed by atoms with Gasteiger partial charge in [-0.25, -0.2) is 0 Å². The van der Waals surface area contributed by atoms with Crippen LogP contribution in [0.4, 0.5) is 5.69 Å². The van der Waals surface area contributed by atoms with Crippen LogP contribution in [0.3, 0.4) is 0 Å². The molecule has 1 aromatic carbocycles. The summed E-state index contributed by atoms with van der Waals surface area (Å²) < 4.78 is 0. The fraction of sp³-hybridized carbons (Fsp3) is 0.600. The Balaban J connectivity index is 1.81. The molecule has 0 aliphatic carbocycles. The van der Waals surface area contributed by atoms with Crippen LogP contribution in [0, 0.1) is 0 Å². The standard InChI is InChI=1S/C15H24N2O/c1-2-13(12-18)16-14-8-10-17(11-9-14)15-6-4-3-5-7-15/h3-7,13-14,16,18H,2,8-12H2,1H3. The van der Waals surface area contributed by atoms with Crippen molar-refractivity contribution in [1.29, 1.82) is 0 Å². The third-order valence-corrected chi connectivity index (χ3v) is 3.80. The fourth-order valence-electron chi connectivity index (χ4n) is 2.58. The molecule has 0 aromatic heterocycles. The second-order valence-electron chi connectivity index (χ2n) is 5.05. The molecule has 1 aliphatic heterocycles. The topological polar surface area (TPSA) is 35.5 Å². The molecular weight excluding hydrogens is 224 g/mol. The van der Waals surface area contributed by atoms with Crippen LogP contribution in [0.1, 0.15) is 26.2 Å². The number of para-hydroxylation sites is 1. The molecule has 3 nitrogen and oxygen atoms in total. The SMILES string of the molecule is CCC(CO)NC1CCN(c2ccccc2)CC1. The van der Waals surface area contributed by atoms with E-state index in [9.17, 15) is 5.11 Å². The van der Waals surface area contributed by atoms with E-state index in [0.29, 0.717) is 6.04 Å².